The Bertz CT molecular complexity index is 442. The fraction of sp³-hybridized carbons (Fsp3) is 0.562. The molecule has 0 aliphatic carbocycles. The lowest BCUT2D eigenvalue weighted by atomic mass is 10.0. The molecular weight excluding hydrogens is 250 g/mol. The monoisotopic (exact) mass is 275 g/mol. The molecule has 1 unspecified atom stereocenters. The van der Waals surface area contributed by atoms with Crippen molar-refractivity contribution < 1.29 is 4.79 Å². The largest absolute Gasteiger partial charge is 0.337 e. The third-order valence-corrected chi connectivity index (χ3v) is 4.05. The van der Waals surface area contributed by atoms with Gasteiger partial charge in [-0.05, 0) is 57.6 Å². The van der Waals surface area contributed by atoms with E-state index in [0.717, 1.165) is 31.5 Å². The Morgan fingerprint density at radius 1 is 1.35 bits per heavy atom. The molecule has 1 fully saturated rings. The first kappa shape index (κ1) is 15.0. The number of rotatable bonds is 4. The van der Waals surface area contributed by atoms with Crippen LogP contribution in [0.1, 0.15) is 28.8 Å². The van der Waals surface area contributed by atoms with Crippen LogP contribution >= 0.6 is 0 Å². The Labute approximate surface area is 121 Å². The lowest BCUT2D eigenvalue weighted by molar-refractivity contribution is 0.0635. The number of carbonyl (C=O) groups excluding carboxylic acids is 1. The van der Waals surface area contributed by atoms with Gasteiger partial charge in [-0.3, -0.25) is 4.79 Å². The summed E-state index contributed by atoms with van der Waals surface area (Å²) < 4.78 is 0. The van der Waals surface area contributed by atoms with Crippen LogP contribution in [-0.4, -0.2) is 55.5 Å². The first-order valence-electron chi connectivity index (χ1n) is 7.36. The summed E-state index contributed by atoms with van der Waals surface area (Å²) in [5.74, 6) is 0.149. The van der Waals surface area contributed by atoms with Crippen LogP contribution in [0.3, 0.4) is 0 Å². The maximum atomic E-state index is 12.5. The zero-order chi connectivity index (χ0) is 14.5. The van der Waals surface area contributed by atoms with Gasteiger partial charge in [0.25, 0.3) is 5.91 Å². The predicted molar refractivity (Wildman–Crippen MR) is 81.8 cm³/mol. The molecule has 0 radical (unpaired) electrons. The molecule has 1 aliphatic rings. The molecule has 1 amide bonds. The number of likely N-dealkylation sites (tertiary alicyclic amines) is 1. The molecule has 2 rings (SSSR count). The molecule has 2 N–H and O–H groups in total. The molecule has 0 saturated carbocycles. The minimum atomic E-state index is 0.149. The van der Waals surface area contributed by atoms with Gasteiger partial charge in [-0.2, -0.15) is 0 Å². The summed E-state index contributed by atoms with van der Waals surface area (Å²) in [7, 11) is 4.17. The Balaban J connectivity index is 2.02. The number of amides is 1. The van der Waals surface area contributed by atoms with E-state index in [2.05, 4.69) is 19.0 Å². The zero-order valence-electron chi connectivity index (χ0n) is 12.5. The highest BCUT2D eigenvalue weighted by molar-refractivity contribution is 5.94. The minimum Gasteiger partial charge on any atom is -0.337 e. The van der Waals surface area contributed by atoms with Crippen molar-refractivity contribution in [2.24, 2.45) is 5.73 Å². The SMILES string of the molecule is CN(C)C1CCCN(C(=O)c2ccc(CCN)cc2)C1. The van der Waals surface area contributed by atoms with Gasteiger partial charge in [0.1, 0.15) is 0 Å². The van der Waals surface area contributed by atoms with Crippen molar-refractivity contribution in [3.63, 3.8) is 0 Å². The van der Waals surface area contributed by atoms with Gasteiger partial charge in [0.15, 0.2) is 0 Å². The van der Waals surface area contributed by atoms with E-state index >= 15 is 0 Å². The second-order valence-corrected chi connectivity index (χ2v) is 5.75. The number of nitrogens with two attached hydrogens (primary N) is 1. The second kappa shape index (κ2) is 6.86. The van der Waals surface area contributed by atoms with Gasteiger partial charge in [0.2, 0.25) is 0 Å². The fourth-order valence-corrected chi connectivity index (χ4v) is 2.72. The van der Waals surface area contributed by atoms with Crippen molar-refractivity contribution in [1.82, 2.24) is 9.80 Å². The molecule has 1 saturated heterocycles. The molecular formula is C16H25N3O. The van der Waals surface area contributed by atoms with Gasteiger partial charge in [0.05, 0.1) is 0 Å². The van der Waals surface area contributed by atoms with Gasteiger partial charge >= 0.3 is 0 Å². The van der Waals surface area contributed by atoms with E-state index in [-0.39, 0.29) is 5.91 Å². The lowest BCUT2D eigenvalue weighted by Gasteiger charge is -2.36. The van der Waals surface area contributed by atoms with Crippen LogP contribution in [0.15, 0.2) is 24.3 Å². The van der Waals surface area contributed by atoms with Crippen LogP contribution in [0, 0.1) is 0 Å². The van der Waals surface area contributed by atoms with Gasteiger partial charge in [-0.25, -0.2) is 0 Å². The van der Waals surface area contributed by atoms with Crippen molar-refractivity contribution in [2.75, 3.05) is 33.7 Å². The molecule has 0 bridgehead atoms. The number of hydrogen-bond donors (Lipinski definition) is 1. The smallest absolute Gasteiger partial charge is 0.253 e. The molecule has 1 aromatic carbocycles. The number of carbonyl (C=O) groups is 1. The van der Waals surface area contributed by atoms with E-state index in [9.17, 15) is 4.79 Å². The standard InChI is InChI=1S/C16H25N3O/c1-18(2)15-4-3-11-19(12-15)16(20)14-7-5-13(6-8-14)9-10-17/h5-8,15H,3-4,9-12,17H2,1-2H3. The average Bonchev–Trinajstić information content (AvgIpc) is 2.48. The third-order valence-electron chi connectivity index (χ3n) is 4.05. The van der Waals surface area contributed by atoms with Crippen molar-refractivity contribution in [1.29, 1.82) is 0 Å². The summed E-state index contributed by atoms with van der Waals surface area (Å²) in [5, 5.41) is 0. The van der Waals surface area contributed by atoms with E-state index in [1.54, 1.807) is 0 Å². The van der Waals surface area contributed by atoms with Gasteiger partial charge < -0.3 is 15.5 Å². The van der Waals surface area contributed by atoms with Crippen LogP contribution in [0.2, 0.25) is 0 Å². The maximum absolute atomic E-state index is 12.5. The van der Waals surface area contributed by atoms with Crippen LogP contribution in [0.5, 0.6) is 0 Å². The van der Waals surface area contributed by atoms with Gasteiger partial charge in [-0.1, -0.05) is 12.1 Å². The Morgan fingerprint density at radius 2 is 2.05 bits per heavy atom. The lowest BCUT2D eigenvalue weighted by Crippen LogP contribution is -2.47. The molecule has 4 heteroatoms. The molecule has 20 heavy (non-hydrogen) atoms. The highest BCUT2D eigenvalue weighted by Crippen LogP contribution is 2.17. The topological polar surface area (TPSA) is 49.6 Å². The summed E-state index contributed by atoms with van der Waals surface area (Å²) in [6, 6.07) is 8.34. The highest BCUT2D eigenvalue weighted by atomic mass is 16.2. The number of hydrogen-bond acceptors (Lipinski definition) is 3. The maximum Gasteiger partial charge on any atom is 0.253 e. The third kappa shape index (κ3) is 3.58. The van der Waals surface area contributed by atoms with Crippen LogP contribution in [-0.2, 0) is 6.42 Å². The molecule has 0 aromatic heterocycles. The summed E-state index contributed by atoms with van der Waals surface area (Å²) in [5.41, 5.74) is 7.51. The first-order chi connectivity index (χ1) is 9.61. The number of piperidine rings is 1. The van der Waals surface area contributed by atoms with E-state index in [1.165, 1.54) is 12.0 Å². The van der Waals surface area contributed by atoms with Crippen LogP contribution in [0.4, 0.5) is 0 Å². The molecule has 1 aromatic rings. The fourth-order valence-electron chi connectivity index (χ4n) is 2.72. The normalized spacial score (nSPS) is 19.4. The van der Waals surface area contributed by atoms with E-state index in [1.807, 2.05) is 29.2 Å². The van der Waals surface area contributed by atoms with Gasteiger partial charge in [-0.15, -0.1) is 0 Å². The summed E-state index contributed by atoms with van der Waals surface area (Å²) in [4.78, 5) is 16.7. The Morgan fingerprint density at radius 3 is 2.65 bits per heavy atom. The highest BCUT2D eigenvalue weighted by Gasteiger charge is 2.25. The zero-order valence-corrected chi connectivity index (χ0v) is 12.5. The molecule has 0 spiro atoms. The molecule has 1 aliphatic heterocycles. The van der Waals surface area contributed by atoms with Crippen molar-refractivity contribution in [3.05, 3.63) is 35.4 Å². The molecule has 1 atom stereocenters. The van der Waals surface area contributed by atoms with E-state index in [4.69, 9.17) is 5.73 Å². The Hall–Kier alpha value is -1.39. The molecule has 110 valence electrons. The summed E-state index contributed by atoms with van der Waals surface area (Å²) in [6.45, 7) is 2.34. The predicted octanol–water partition coefficient (Wildman–Crippen LogP) is 1.35. The van der Waals surface area contributed by atoms with E-state index in [0.29, 0.717) is 12.6 Å². The number of benzene rings is 1. The van der Waals surface area contributed by atoms with Crippen molar-refractivity contribution in [2.45, 2.75) is 25.3 Å². The summed E-state index contributed by atoms with van der Waals surface area (Å²) in [6.07, 6.45) is 3.12. The van der Waals surface area contributed by atoms with Crippen LogP contribution < -0.4 is 5.73 Å². The van der Waals surface area contributed by atoms with Crippen LogP contribution in [0.25, 0.3) is 0 Å². The number of nitrogens with zero attached hydrogens (tertiary/aromatic N) is 2. The number of likely N-dealkylation sites (N-methyl/N-ethyl adjacent to an activating group) is 1. The molecule has 4 nitrogen and oxygen atoms in total. The second-order valence-electron chi connectivity index (χ2n) is 5.75. The van der Waals surface area contributed by atoms with Gasteiger partial charge in [0, 0.05) is 24.7 Å². The Kier molecular flexibility index (Phi) is 5.15. The summed E-state index contributed by atoms with van der Waals surface area (Å²) >= 11 is 0. The van der Waals surface area contributed by atoms with Crippen molar-refractivity contribution >= 4 is 5.91 Å². The molecule has 1 heterocycles. The van der Waals surface area contributed by atoms with Crippen molar-refractivity contribution in [3.8, 4) is 0 Å². The average molecular weight is 275 g/mol. The quantitative estimate of drug-likeness (QED) is 0.902. The minimum absolute atomic E-state index is 0.149. The first-order valence-corrected chi connectivity index (χ1v) is 7.36. The van der Waals surface area contributed by atoms with E-state index < -0.39 is 0 Å².